The van der Waals surface area contributed by atoms with E-state index in [0.717, 1.165) is 25.7 Å². The molecule has 1 heterocycles. The SMILES string of the molecule is CNS(=O)(=O)c1ccc(N2CCN(CCOC)CC2)c([N+](=O)[O-])c1. The Kier molecular flexibility index (Phi) is 6.10. The van der Waals surface area contributed by atoms with Crippen LogP contribution in [0.25, 0.3) is 0 Å². The molecule has 0 spiro atoms. The second-order valence-electron chi connectivity index (χ2n) is 5.44. The quantitative estimate of drug-likeness (QED) is 0.551. The molecule has 0 saturated carbocycles. The fourth-order valence-corrected chi connectivity index (χ4v) is 3.38. The summed E-state index contributed by atoms with van der Waals surface area (Å²) in [5.74, 6) is 0. The summed E-state index contributed by atoms with van der Waals surface area (Å²) in [6.07, 6.45) is 0. The van der Waals surface area contributed by atoms with Crippen molar-refractivity contribution < 1.29 is 18.1 Å². The lowest BCUT2D eigenvalue weighted by atomic mass is 10.2. The first kappa shape index (κ1) is 18.6. The van der Waals surface area contributed by atoms with Crippen molar-refractivity contribution in [2.75, 3.05) is 58.4 Å². The molecule has 0 atom stereocenters. The standard InChI is InChI=1S/C14H22N4O5S/c1-15-24(21,22)12-3-4-13(14(11-12)18(19)20)17-7-5-16(6-8-17)9-10-23-2/h3-4,11,15H,5-10H2,1-2H3. The smallest absolute Gasteiger partial charge is 0.293 e. The normalized spacial score (nSPS) is 16.3. The van der Waals surface area contributed by atoms with E-state index in [4.69, 9.17) is 4.74 Å². The molecule has 1 N–H and O–H groups in total. The minimum atomic E-state index is -3.72. The first-order chi connectivity index (χ1) is 11.4. The van der Waals surface area contributed by atoms with Crippen molar-refractivity contribution in [2.24, 2.45) is 0 Å². The molecule has 0 aromatic heterocycles. The summed E-state index contributed by atoms with van der Waals surface area (Å²) >= 11 is 0. The fraction of sp³-hybridized carbons (Fsp3) is 0.571. The molecule has 1 aliphatic rings. The Morgan fingerprint density at radius 1 is 1.29 bits per heavy atom. The van der Waals surface area contributed by atoms with Crippen LogP contribution in [0.15, 0.2) is 23.1 Å². The molecule has 2 rings (SSSR count). The minimum Gasteiger partial charge on any atom is -0.383 e. The number of benzene rings is 1. The third-order valence-electron chi connectivity index (χ3n) is 4.05. The topological polar surface area (TPSA) is 105 Å². The second kappa shape index (κ2) is 7.88. The van der Waals surface area contributed by atoms with E-state index in [1.165, 1.54) is 19.2 Å². The maximum atomic E-state index is 11.8. The molecule has 10 heteroatoms. The number of ether oxygens (including phenoxy) is 1. The van der Waals surface area contributed by atoms with E-state index in [-0.39, 0.29) is 10.6 Å². The molecule has 9 nitrogen and oxygen atoms in total. The lowest BCUT2D eigenvalue weighted by Crippen LogP contribution is -2.47. The lowest BCUT2D eigenvalue weighted by Gasteiger charge is -2.35. The summed E-state index contributed by atoms with van der Waals surface area (Å²) in [6, 6.07) is 4.01. The van der Waals surface area contributed by atoms with Gasteiger partial charge in [0.1, 0.15) is 5.69 Å². The van der Waals surface area contributed by atoms with Gasteiger partial charge in [-0.25, -0.2) is 13.1 Å². The number of hydrogen-bond acceptors (Lipinski definition) is 7. The van der Waals surface area contributed by atoms with E-state index in [1.54, 1.807) is 7.11 Å². The molecule has 134 valence electrons. The molecular formula is C14H22N4O5S. The molecule has 1 saturated heterocycles. The molecule has 1 aromatic rings. The van der Waals surface area contributed by atoms with Crippen LogP contribution in [0, 0.1) is 10.1 Å². The Morgan fingerprint density at radius 2 is 1.96 bits per heavy atom. The number of anilines is 1. The van der Waals surface area contributed by atoms with Gasteiger partial charge in [0.25, 0.3) is 5.69 Å². The number of hydrogen-bond donors (Lipinski definition) is 1. The maximum Gasteiger partial charge on any atom is 0.293 e. The zero-order valence-electron chi connectivity index (χ0n) is 13.8. The highest BCUT2D eigenvalue weighted by Gasteiger charge is 2.26. The minimum absolute atomic E-state index is 0.112. The summed E-state index contributed by atoms with van der Waals surface area (Å²) in [4.78, 5) is 14.9. The summed E-state index contributed by atoms with van der Waals surface area (Å²) in [5, 5.41) is 11.4. The number of nitrogens with zero attached hydrogens (tertiary/aromatic N) is 3. The van der Waals surface area contributed by atoms with Crippen molar-refractivity contribution in [1.82, 2.24) is 9.62 Å². The number of nitrogens with one attached hydrogen (secondary N) is 1. The average Bonchev–Trinajstić information content (AvgIpc) is 2.59. The molecular weight excluding hydrogens is 336 g/mol. The average molecular weight is 358 g/mol. The molecule has 0 amide bonds. The summed E-state index contributed by atoms with van der Waals surface area (Å²) < 4.78 is 30.9. The Balaban J connectivity index is 2.20. The highest BCUT2D eigenvalue weighted by Crippen LogP contribution is 2.31. The molecule has 0 unspecified atom stereocenters. The van der Waals surface area contributed by atoms with Gasteiger partial charge >= 0.3 is 0 Å². The Bertz CT molecular complexity index is 686. The van der Waals surface area contributed by atoms with Crippen LogP contribution in [0.2, 0.25) is 0 Å². The molecule has 0 radical (unpaired) electrons. The third kappa shape index (κ3) is 4.20. The predicted molar refractivity (Wildman–Crippen MR) is 89.9 cm³/mol. The van der Waals surface area contributed by atoms with Crippen molar-refractivity contribution in [3.63, 3.8) is 0 Å². The van der Waals surface area contributed by atoms with Gasteiger partial charge in [-0.1, -0.05) is 0 Å². The van der Waals surface area contributed by atoms with Crippen LogP contribution >= 0.6 is 0 Å². The van der Waals surface area contributed by atoms with Gasteiger partial charge < -0.3 is 9.64 Å². The summed E-state index contributed by atoms with van der Waals surface area (Å²) in [6.45, 7) is 4.31. The molecule has 1 aromatic carbocycles. The third-order valence-corrected chi connectivity index (χ3v) is 5.46. The fourth-order valence-electron chi connectivity index (χ4n) is 2.63. The largest absolute Gasteiger partial charge is 0.383 e. The van der Waals surface area contributed by atoms with Crippen LogP contribution in [-0.4, -0.2) is 71.7 Å². The summed E-state index contributed by atoms with van der Waals surface area (Å²) in [7, 11) is -0.791. The lowest BCUT2D eigenvalue weighted by molar-refractivity contribution is -0.384. The van der Waals surface area contributed by atoms with Crippen LogP contribution in [0.4, 0.5) is 11.4 Å². The van der Waals surface area contributed by atoms with Crippen molar-refractivity contribution in [2.45, 2.75) is 4.90 Å². The predicted octanol–water partition coefficient (Wildman–Crippen LogP) is 0.271. The number of nitro benzene ring substituents is 1. The van der Waals surface area contributed by atoms with E-state index in [9.17, 15) is 18.5 Å². The maximum absolute atomic E-state index is 11.8. The van der Waals surface area contributed by atoms with Gasteiger partial charge in [-0.15, -0.1) is 0 Å². The number of rotatable bonds is 7. The van der Waals surface area contributed by atoms with Gasteiger partial charge in [0.2, 0.25) is 10.0 Å². The van der Waals surface area contributed by atoms with Crippen molar-refractivity contribution >= 4 is 21.4 Å². The first-order valence-electron chi connectivity index (χ1n) is 7.57. The van der Waals surface area contributed by atoms with Crippen molar-refractivity contribution in [3.05, 3.63) is 28.3 Å². The number of nitro groups is 1. The molecule has 1 fully saturated rings. The van der Waals surface area contributed by atoms with Gasteiger partial charge in [-0.3, -0.25) is 15.0 Å². The molecule has 0 bridgehead atoms. The first-order valence-corrected chi connectivity index (χ1v) is 9.05. The monoisotopic (exact) mass is 358 g/mol. The van der Waals surface area contributed by atoms with Crippen molar-refractivity contribution in [3.8, 4) is 0 Å². The number of sulfonamides is 1. The van der Waals surface area contributed by atoms with Crippen molar-refractivity contribution in [1.29, 1.82) is 0 Å². The van der Waals surface area contributed by atoms with Gasteiger partial charge in [0.05, 0.1) is 16.4 Å². The van der Waals surface area contributed by atoms with E-state index >= 15 is 0 Å². The number of methoxy groups -OCH3 is 1. The molecule has 1 aliphatic heterocycles. The van der Waals surface area contributed by atoms with E-state index in [0.29, 0.717) is 25.4 Å². The van der Waals surface area contributed by atoms with E-state index in [1.807, 2.05) is 4.90 Å². The second-order valence-corrected chi connectivity index (χ2v) is 7.32. The van der Waals surface area contributed by atoms with Gasteiger partial charge in [-0.05, 0) is 19.2 Å². The Labute approximate surface area is 141 Å². The van der Waals surface area contributed by atoms with Gasteiger partial charge in [0, 0.05) is 45.9 Å². The molecule has 24 heavy (non-hydrogen) atoms. The van der Waals surface area contributed by atoms with E-state index in [2.05, 4.69) is 9.62 Å². The zero-order valence-corrected chi connectivity index (χ0v) is 14.6. The van der Waals surface area contributed by atoms with Crippen LogP contribution in [0.5, 0.6) is 0 Å². The zero-order chi connectivity index (χ0) is 17.7. The van der Waals surface area contributed by atoms with Crippen LogP contribution < -0.4 is 9.62 Å². The Morgan fingerprint density at radius 3 is 2.50 bits per heavy atom. The molecule has 0 aliphatic carbocycles. The Hall–Kier alpha value is -1.75. The number of piperazine rings is 1. The highest BCUT2D eigenvalue weighted by atomic mass is 32.2. The highest BCUT2D eigenvalue weighted by molar-refractivity contribution is 7.89. The van der Waals surface area contributed by atoms with Crippen LogP contribution in [-0.2, 0) is 14.8 Å². The van der Waals surface area contributed by atoms with Gasteiger partial charge in [-0.2, -0.15) is 0 Å². The van der Waals surface area contributed by atoms with Crippen LogP contribution in [0.3, 0.4) is 0 Å². The van der Waals surface area contributed by atoms with E-state index < -0.39 is 14.9 Å². The van der Waals surface area contributed by atoms with Crippen LogP contribution in [0.1, 0.15) is 0 Å². The summed E-state index contributed by atoms with van der Waals surface area (Å²) in [5.41, 5.74) is 0.248. The van der Waals surface area contributed by atoms with Gasteiger partial charge in [0.15, 0.2) is 0 Å².